The lowest BCUT2D eigenvalue weighted by molar-refractivity contribution is 0.291. The summed E-state index contributed by atoms with van der Waals surface area (Å²) in [6.07, 6.45) is 0. The van der Waals surface area contributed by atoms with E-state index in [0.717, 1.165) is 18.8 Å². The van der Waals surface area contributed by atoms with Gasteiger partial charge in [0.2, 0.25) is 0 Å². The van der Waals surface area contributed by atoms with Crippen LogP contribution in [0.4, 0.5) is 4.39 Å². The van der Waals surface area contributed by atoms with Crippen LogP contribution in [0.25, 0.3) is 10.9 Å². The summed E-state index contributed by atoms with van der Waals surface area (Å²) < 4.78 is 24.3. The Labute approximate surface area is 173 Å². The van der Waals surface area contributed by atoms with Crippen LogP contribution in [0.15, 0.2) is 46.1 Å². The minimum absolute atomic E-state index is 0.203. The first-order chi connectivity index (χ1) is 14.0. The van der Waals surface area contributed by atoms with Gasteiger partial charge < -0.3 is 14.5 Å². The Hall–Kier alpha value is -2.58. The molecular weight excluding hydrogens is 393 g/mol. The number of nitrogens with one attached hydrogen (secondary N) is 1. The molecule has 1 heterocycles. The summed E-state index contributed by atoms with van der Waals surface area (Å²) in [6.45, 7) is 4.06. The lowest BCUT2D eigenvalue weighted by Gasteiger charge is -2.19. The number of H-pyrrole nitrogens is 1. The fourth-order valence-electron chi connectivity index (χ4n) is 3.00. The minimum atomic E-state index is -0.220. The zero-order chi connectivity index (χ0) is 20.8. The zero-order valence-electron chi connectivity index (χ0n) is 16.7. The van der Waals surface area contributed by atoms with Crippen molar-refractivity contribution in [3.63, 3.8) is 0 Å². The predicted octanol–water partition coefficient (Wildman–Crippen LogP) is 3.69. The van der Waals surface area contributed by atoms with Crippen molar-refractivity contribution in [1.82, 2.24) is 14.9 Å². The first-order valence-electron chi connectivity index (χ1n) is 9.30. The summed E-state index contributed by atoms with van der Waals surface area (Å²) in [7, 11) is 3.07. The van der Waals surface area contributed by atoms with E-state index in [9.17, 15) is 9.18 Å². The average Bonchev–Trinajstić information content (AvgIpc) is 2.73. The van der Waals surface area contributed by atoms with Gasteiger partial charge in [0.25, 0.3) is 5.56 Å². The minimum Gasteiger partial charge on any atom is -0.493 e. The highest BCUT2D eigenvalue weighted by Gasteiger charge is 2.13. The van der Waals surface area contributed by atoms with Crippen LogP contribution in [0.2, 0.25) is 0 Å². The monoisotopic (exact) mass is 417 g/mol. The van der Waals surface area contributed by atoms with Gasteiger partial charge >= 0.3 is 0 Å². The van der Waals surface area contributed by atoms with Gasteiger partial charge in [-0.3, -0.25) is 9.69 Å². The number of aromatic nitrogens is 2. The lowest BCUT2D eigenvalue weighted by atomic mass is 10.2. The summed E-state index contributed by atoms with van der Waals surface area (Å²) in [6, 6.07) is 10.1. The number of rotatable bonds is 9. The Morgan fingerprint density at radius 1 is 1.17 bits per heavy atom. The van der Waals surface area contributed by atoms with Gasteiger partial charge in [-0.15, -0.1) is 11.8 Å². The van der Waals surface area contributed by atoms with Crippen LogP contribution in [0.3, 0.4) is 0 Å². The number of hydrogen-bond donors (Lipinski definition) is 1. The molecule has 2 aromatic carbocycles. The van der Waals surface area contributed by atoms with E-state index < -0.39 is 0 Å². The van der Waals surface area contributed by atoms with Gasteiger partial charge in [-0.2, -0.15) is 0 Å². The van der Waals surface area contributed by atoms with E-state index in [1.807, 2.05) is 13.0 Å². The van der Waals surface area contributed by atoms with E-state index >= 15 is 0 Å². The van der Waals surface area contributed by atoms with Crippen LogP contribution in [-0.2, 0) is 6.54 Å². The standard InChI is InChI=1S/C21H24FN3O3S/c1-4-25(9-10-29-19-8-6-5-7-15(19)22)13-20-23-16-12-18(28-3)17(27-2)11-14(16)21(26)24-20/h5-8,11-12H,4,9-10,13H2,1-3H3,(H,23,24,26). The predicted molar refractivity (Wildman–Crippen MR) is 114 cm³/mol. The number of fused-ring (bicyclic) bond motifs is 1. The molecule has 0 aliphatic carbocycles. The normalized spacial score (nSPS) is 11.2. The Morgan fingerprint density at radius 3 is 2.59 bits per heavy atom. The highest BCUT2D eigenvalue weighted by atomic mass is 32.2. The van der Waals surface area contributed by atoms with Gasteiger partial charge in [0.05, 0.1) is 31.7 Å². The topological polar surface area (TPSA) is 67.5 Å². The SMILES string of the molecule is CCN(CCSc1ccccc1F)Cc1nc2cc(OC)c(OC)cc2c(=O)[nH]1. The Morgan fingerprint density at radius 2 is 1.90 bits per heavy atom. The van der Waals surface area contributed by atoms with Crippen molar-refractivity contribution >= 4 is 22.7 Å². The second-order valence-corrected chi connectivity index (χ2v) is 7.52. The summed E-state index contributed by atoms with van der Waals surface area (Å²) >= 11 is 1.48. The second-order valence-electron chi connectivity index (χ2n) is 6.38. The fraction of sp³-hybridized carbons (Fsp3) is 0.333. The van der Waals surface area contributed by atoms with Gasteiger partial charge in [-0.25, -0.2) is 9.37 Å². The number of thioether (sulfide) groups is 1. The van der Waals surface area contributed by atoms with E-state index in [1.165, 1.54) is 24.9 Å². The van der Waals surface area contributed by atoms with Crippen molar-refractivity contribution in [3.05, 3.63) is 58.4 Å². The second kappa shape index (κ2) is 9.76. The molecule has 0 radical (unpaired) electrons. The number of halogens is 1. The number of hydrogen-bond acceptors (Lipinski definition) is 6. The average molecular weight is 418 g/mol. The van der Waals surface area contributed by atoms with E-state index in [-0.39, 0.29) is 11.4 Å². The third kappa shape index (κ3) is 5.07. The molecule has 0 unspecified atom stereocenters. The van der Waals surface area contributed by atoms with Crippen LogP contribution in [0, 0.1) is 5.82 Å². The molecule has 0 bridgehead atoms. The molecule has 0 spiro atoms. The Balaban J connectivity index is 1.73. The highest BCUT2D eigenvalue weighted by molar-refractivity contribution is 7.99. The van der Waals surface area contributed by atoms with E-state index in [4.69, 9.17) is 9.47 Å². The summed E-state index contributed by atoms with van der Waals surface area (Å²) in [5, 5.41) is 0.449. The largest absolute Gasteiger partial charge is 0.493 e. The zero-order valence-corrected chi connectivity index (χ0v) is 17.5. The molecular formula is C21H24FN3O3S. The molecule has 8 heteroatoms. The molecule has 1 aromatic heterocycles. The third-order valence-electron chi connectivity index (χ3n) is 4.58. The maximum Gasteiger partial charge on any atom is 0.258 e. The lowest BCUT2D eigenvalue weighted by Crippen LogP contribution is -2.27. The molecule has 0 fully saturated rings. The van der Waals surface area contributed by atoms with Gasteiger partial charge in [0.15, 0.2) is 11.5 Å². The number of aromatic amines is 1. The van der Waals surface area contributed by atoms with Crippen molar-refractivity contribution in [2.45, 2.75) is 18.4 Å². The molecule has 0 aliphatic rings. The van der Waals surface area contributed by atoms with E-state index in [2.05, 4.69) is 14.9 Å². The summed E-state index contributed by atoms with van der Waals surface area (Å²) in [5.41, 5.74) is 0.334. The molecule has 0 saturated carbocycles. The molecule has 3 aromatic rings. The molecule has 0 saturated heterocycles. The smallest absolute Gasteiger partial charge is 0.258 e. The maximum absolute atomic E-state index is 13.7. The number of nitrogens with zero attached hydrogens (tertiary/aromatic N) is 2. The van der Waals surface area contributed by atoms with Crippen molar-refractivity contribution in [2.75, 3.05) is 33.1 Å². The molecule has 154 valence electrons. The maximum atomic E-state index is 13.7. The van der Waals surface area contributed by atoms with Crippen LogP contribution in [0.1, 0.15) is 12.7 Å². The van der Waals surface area contributed by atoms with E-state index in [0.29, 0.717) is 39.7 Å². The summed E-state index contributed by atoms with van der Waals surface area (Å²) in [5.74, 6) is 2.12. The number of ether oxygens (including phenoxy) is 2. The molecule has 1 N–H and O–H groups in total. The van der Waals surface area contributed by atoms with Gasteiger partial charge in [-0.1, -0.05) is 19.1 Å². The quantitative estimate of drug-likeness (QED) is 0.536. The molecule has 0 amide bonds. The van der Waals surface area contributed by atoms with E-state index in [1.54, 1.807) is 31.4 Å². The number of methoxy groups -OCH3 is 2. The molecule has 0 atom stereocenters. The molecule has 0 aliphatic heterocycles. The highest BCUT2D eigenvalue weighted by Crippen LogP contribution is 2.30. The summed E-state index contributed by atoms with van der Waals surface area (Å²) in [4.78, 5) is 22.7. The third-order valence-corrected chi connectivity index (χ3v) is 5.61. The first kappa shape index (κ1) is 21.1. The van der Waals surface area contributed by atoms with Gasteiger partial charge in [0, 0.05) is 23.3 Å². The fourth-order valence-corrected chi connectivity index (χ4v) is 3.95. The van der Waals surface area contributed by atoms with Crippen LogP contribution in [0.5, 0.6) is 11.5 Å². The number of benzene rings is 2. The van der Waals surface area contributed by atoms with Crippen LogP contribution < -0.4 is 15.0 Å². The van der Waals surface area contributed by atoms with Gasteiger partial charge in [-0.05, 0) is 24.7 Å². The van der Waals surface area contributed by atoms with Crippen molar-refractivity contribution < 1.29 is 13.9 Å². The molecule has 6 nitrogen and oxygen atoms in total. The van der Waals surface area contributed by atoms with Crippen LogP contribution in [-0.4, -0.2) is 47.9 Å². The Kier molecular flexibility index (Phi) is 7.11. The first-order valence-corrected chi connectivity index (χ1v) is 10.3. The molecule has 29 heavy (non-hydrogen) atoms. The van der Waals surface area contributed by atoms with Crippen molar-refractivity contribution in [1.29, 1.82) is 0 Å². The van der Waals surface area contributed by atoms with Crippen LogP contribution >= 0.6 is 11.8 Å². The Bertz CT molecular complexity index is 1040. The van der Waals surface area contributed by atoms with Crippen molar-refractivity contribution in [2.24, 2.45) is 0 Å². The van der Waals surface area contributed by atoms with Crippen molar-refractivity contribution in [3.8, 4) is 11.5 Å². The molecule has 3 rings (SSSR count). The van der Waals surface area contributed by atoms with Gasteiger partial charge in [0.1, 0.15) is 11.6 Å².